The van der Waals surface area contributed by atoms with Crippen LogP contribution in [0.5, 0.6) is 0 Å². The molecule has 1 heteroatoms. The molecule has 0 fully saturated rings. The van der Waals surface area contributed by atoms with Crippen LogP contribution in [0, 0.1) is 0 Å². The number of hydrogen-bond acceptors (Lipinski definition) is 1. The highest BCUT2D eigenvalue weighted by Gasteiger charge is 2.00. The molecule has 1 unspecified atom stereocenters. The molecule has 1 nitrogen and oxygen atoms in total. The Morgan fingerprint density at radius 3 is 2.29 bits per heavy atom. The smallest absolute Gasteiger partial charge is 0.0727 e. The van der Waals surface area contributed by atoms with E-state index in [1.165, 1.54) is 11.1 Å². The van der Waals surface area contributed by atoms with Crippen molar-refractivity contribution in [3.05, 3.63) is 89.5 Å². The number of hydrogen-bond donors (Lipinski definition) is 1. The number of aliphatic hydroxyl groups excluding tert-OH is 1. The molecule has 0 bridgehead atoms. The van der Waals surface area contributed by atoms with Gasteiger partial charge >= 0.3 is 0 Å². The zero-order chi connectivity index (χ0) is 14.9. The first-order valence-corrected chi connectivity index (χ1v) is 7.37. The standard InChI is InChI=1S/C20H22O/c1-17(16-19-10-6-3-7-11-19)12-14-20(21)15-13-18-8-4-2-5-9-18/h2-12,14,16,20-21H,13,15H2,1H3/b14-12+,17-16+. The first-order valence-electron chi connectivity index (χ1n) is 7.37. The average molecular weight is 278 g/mol. The van der Waals surface area contributed by atoms with Gasteiger partial charge < -0.3 is 5.11 Å². The summed E-state index contributed by atoms with van der Waals surface area (Å²) in [5.41, 5.74) is 3.58. The zero-order valence-corrected chi connectivity index (χ0v) is 12.4. The lowest BCUT2D eigenvalue weighted by atomic mass is 10.1. The molecule has 0 saturated carbocycles. The van der Waals surface area contributed by atoms with Crippen LogP contribution in [0.3, 0.4) is 0 Å². The fourth-order valence-electron chi connectivity index (χ4n) is 2.18. The van der Waals surface area contributed by atoms with Crippen LogP contribution < -0.4 is 0 Å². The molecule has 2 aromatic rings. The highest BCUT2D eigenvalue weighted by Crippen LogP contribution is 2.09. The van der Waals surface area contributed by atoms with Crippen molar-refractivity contribution >= 4 is 6.08 Å². The number of rotatable bonds is 6. The Balaban J connectivity index is 1.84. The van der Waals surface area contributed by atoms with Gasteiger partial charge in [-0.05, 0) is 30.9 Å². The van der Waals surface area contributed by atoms with Gasteiger partial charge in [0.2, 0.25) is 0 Å². The van der Waals surface area contributed by atoms with Gasteiger partial charge in [0.1, 0.15) is 0 Å². The van der Waals surface area contributed by atoms with Crippen LogP contribution in [0.1, 0.15) is 24.5 Å². The highest BCUT2D eigenvalue weighted by molar-refractivity contribution is 5.54. The number of allylic oxidation sites excluding steroid dienone is 2. The fourth-order valence-corrected chi connectivity index (χ4v) is 2.18. The second-order valence-corrected chi connectivity index (χ2v) is 5.25. The highest BCUT2D eigenvalue weighted by atomic mass is 16.3. The lowest BCUT2D eigenvalue weighted by molar-refractivity contribution is 0.213. The van der Waals surface area contributed by atoms with Crippen molar-refractivity contribution in [1.82, 2.24) is 0 Å². The second kappa shape index (κ2) is 8.23. The van der Waals surface area contributed by atoms with E-state index in [-0.39, 0.29) is 0 Å². The summed E-state index contributed by atoms with van der Waals surface area (Å²) >= 11 is 0. The Morgan fingerprint density at radius 1 is 1.00 bits per heavy atom. The number of aryl methyl sites for hydroxylation is 1. The minimum Gasteiger partial charge on any atom is -0.389 e. The predicted molar refractivity (Wildman–Crippen MR) is 90.0 cm³/mol. The van der Waals surface area contributed by atoms with Gasteiger partial charge in [-0.1, -0.05) is 84.5 Å². The molecular weight excluding hydrogens is 256 g/mol. The summed E-state index contributed by atoms with van der Waals surface area (Å²) in [6.45, 7) is 2.05. The Hall–Kier alpha value is -2.12. The molecular formula is C20H22O. The summed E-state index contributed by atoms with van der Waals surface area (Å²) in [5.74, 6) is 0. The summed E-state index contributed by atoms with van der Waals surface area (Å²) in [7, 11) is 0. The van der Waals surface area contributed by atoms with Gasteiger partial charge in [0.15, 0.2) is 0 Å². The van der Waals surface area contributed by atoms with E-state index in [0.717, 1.165) is 18.4 Å². The third-order valence-electron chi connectivity index (χ3n) is 3.35. The molecule has 108 valence electrons. The normalized spacial score (nSPS) is 13.5. The van der Waals surface area contributed by atoms with E-state index in [4.69, 9.17) is 0 Å². The van der Waals surface area contributed by atoms with Crippen LogP contribution in [0.2, 0.25) is 0 Å². The second-order valence-electron chi connectivity index (χ2n) is 5.25. The van der Waals surface area contributed by atoms with E-state index in [1.54, 1.807) is 0 Å². The molecule has 1 atom stereocenters. The maximum Gasteiger partial charge on any atom is 0.0727 e. The maximum atomic E-state index is 10.0. The lowest BCUT2D eigenvalue weighted by Gasteiger charge is -2.05. The molecule has 0 aromatic heterocycles. The first-order chi connectivity index (χ1) is 10.2. The van der Waals surface area contributed by atoms with Gasteiger partial charge in [-0.3, -0.25) is 0 Å². The Labute approximate surface area is 127 Å². The lowest BCUT2D eigenvalue weighted by Crippen LogP contribution is -2.03. The van der Waals surface area contributed by atoms with Crippen LogP contribution >= 0.6 is 0 Å². The topological polar surface area (TPSA) is 20.2 Å². The van der Waals surface area contributed by atoms with Crippen LogP contribution in [0.4, 0.5) is 0 Å². The summed E-state index contributed by atoms with van der Waals surface area (Å²) < 4.78 is 0. The molecule has 0 aliphatic rings. The minimum absolute atomic E-state index is 0.399. The van der Waals surface area contributed by atoms with E-state index < -0.39 is 6.10 Å². The third-order valence-corrected chi connectivity index (χ3v) is 3.35. The molecule has 2 aromatic carbocycles. The zero-order valence-electron chi connectivity index (χ0n) is 12.4. The van der Waals surface area contributed by atoms with E-state index in [1.807, 2.05) is 55.5 Å². The monoisotopic (exact) mass is 278 g/mol. The molecule has 0 radical (unpaired) electrons. The summed E-state index contributed by atoms with van der Waals surface area (Å²) in [6, 6.07) is 20.5. The molecule has 0 aliphatic carbocycles. The quantitative estimate of drug-likeness (QED) is 0.763. The van der Waals surface area contributed by atoms with Crippen molar-refractivity contribution in [3.63, 3.8) is 0 Å². The molecule has 2 rings (SSSR count). The summed E-state index contributed by atoms with van der Waals surface area (Å²) in [6.07, 6.45) is 7.22. The summed E-state index contributed by atoms with van der Waals surface area (Å²) in [5, 5.41) is 10.0. The van der Waals surface area contributed by atoms with E-state index in [2.05, 4.69) is 30.3 Å². The maximum absolute atomic E-state index is 10.0. The fraction of sp³-hybridized carbons (Fsp3) is 0.200. The Kier molecular flexibility index (Phi) is 5.99. The largest absolute Gasteiger partial charge is 0.389 e. The molecule has 0 spiro atoms. The Morgan fingerprint density at radius 2 is 1.62 bits per heavy atom. The molecule has 21 heavy (non-hydrogen) atoms. The van der Waals surface area contributed by atoms with Crippen molar-refractivity contribution in [3.8, 4) is 0 Å². The van der Waals surface area contributed by atoms with Gasteiger partial charge in [-0.25, -0.2) is 0 Å². The predicted octanol–water partition coefficient (Wildman–Crippen LogP) is 4.64. The molecule has 1 N–H and O–H groups in total. The van der Waals surface area contributed by atoms with Crippen molar-refractivity contribution in [2.24, 2.45) is 0 Å². The van der Waals surface area contributed by atoms with Crippen LogP contribution in [0.25, 0.3) is 6.08 Å². The minimum atomic E-state index is -0.399. The SMILES string of the molecule is CC(/C=C/C(O)CCc1ccccc1)=C\c1ccccc1. The van der Waals surface area contributed by atoms with Crippen molar-refractivity contribution < 1.29 is 5.11 Å². The van der Waals surface area contributed by atoms with Gasteiger partial charge in [-0.15, -0.1) is 0 Å². The first kappa shape index (κ1) is 15.3. The van der Waals surface area contributed by atoms with Crippen molar-refractivity contribution in [2.75, 3.05) is 0 Å². The van der Waals surface area contributed by atoms with Crippen LogP contribution in [0.15, 0.2) is 78.4 Å². The molecule has 0 heterocycles. The third kappa shape index (κ3) is 5.80. The van der Waals surface area contributed by atoms with E-state index >= 15 is 0 Å². The van der Waals surface area contributed by atoms with E-state index in [9.17, 15) is 5.11 Å². The van der Waals surface area contributed by atoms with Crippen LogP contribution in [-0.4, -0.2) is 11.2 Å². The average Bonchev–Trinajstić information content (AvgIpc) is 2.53. The molecule has 0 aliphatic heterocycles. The molecule has 0 saturated heterocycles. The summed E-state index contributed by atoms with van der Waals surface area (Å²) in [4.78, 5) is 0. The van der Waals surface area contributed by atoms with Gasteiger partial charge in [-0.2, -0.15) is 0 Å². The van der Waals surface area contributed by atoms with Crippen LogP contribution in [-0.2, 0) is 6.42 Å². The van der Waals surface area contributed by atoms with Gasteiger partial charge in [0.25, 0.3) is 0 Å². The molecule has 0 amide bonds. The van der Waals surface area contributed by atoms with Gasteiger partial charge in [0, 0.05) is 0 Å². The van der Waals surface area contributed by atoms with E-state index in [0.29, 0.717) is 0 Å². The van der Waals surface area contributed by atoms with Crippen molar-refractivity contribution in [1.29, 1.82) is 0 Å². The Bertz CT molecular complexity index is 582. The number of benzene rings is 2. The number of aliphatic hydroxyl groups is 1. The van der Waals surface area contributed by atoms with Crippen molar-refractivity contribution in [2.45, 2.75) is 25.9 Å². The van der Waals surface area contributed by atoms with Gasteiger partial charge in [0.05, 0.1) is 6.10 Å².